The Balaban J connectivity index is 0. The molecular weight excluding hydrogens is 527 g/mol. The third kappa shape index (κ3) is 36.6. The van der Waals surface area contributed by atoms with Crippen LogP contribution >= 0.6 is 0 Å². The Hall–Kier alpha value is 0.610. The Morgan fingerprint density at radius 2 is 0.650 bits per heavy atom. The predicted molar refractivity (Wildman–Crippen MR) is 178 cm³/mol. The van der Waals surface area contributed by atoms with Gasteiger partial charge >= 0.3 is 40.0 Å². The first kappa shape index (κ1) is 42.7. The van der Waals surface area contributed by atoms with Crippen LogP contribution in [0.1, 0.15) is 194 Å². The molecule has 0 bridgehead atoms. The van der Waals surface area contributed by atoms with Gasteiger partial charge in [-0.1, -0.05) is 167 Å². The number of rotatable bonds is 33. The van der Waals surface area contributed by atoms with Gasteiger partial charge in [0.25, 0.3) is 0 Å². The number of unbranched alkanes of at least 4 members (excludes halogenated alkanes) is 25. The maximum absolute atomic E-state index is 11.9. The van der Waals surface area contributed by atoms with Gasteiger partial charge in [0.05, 0.1) is 13.2 Å². The van der Waals surface area contributed by atoms with E-state index in [4.69, 9.17) is 8.37 Å². The van der Waals surface area contributed by atoms with Gasteiger partial charge in [-0.15, -0.1) is 0 Å². The summed E-state index contributed by atoms with van der Waals surface area (Å²) in [5, 5.41) is 0. The molecule has 0 unspecified atom stereocenters. The van der Waals surface area contributed by atoms with Crippen LogP contribution in [-0.4, -0.2) is 51.2 Å². The molecule has 0 aromatic rings. The maximum atomic E-state index is 11.9. The fraction of sp³-hybridized carbons (Fsp3) is 0.941. The zero-order chi connectivity index (χ0) is 28.5. The van der Waals surface area contributed by atoms with Gasteiger partial charge in [-0.3, -0.25) is 0 Å². The Morgan fingerprint density at radius 1 is 0.400 bits per heavy atom. The van der Waals surface area contributed by atoms with Crippen molar-refractivity contribution >= 4 is 40.0 Å². The van der Waals surface area contributed by atoms with Crippen LogP contribution in [0, 0.1) is 0 Å². The molecule has 0 radical (unpaired) electrons. The quantitative estimate of drug-likeness (QED) is 0.0429. The van der Waals surface area contributed by atoms with Gasteiger partial charge in [0, 0.05) is 0 Å². The molecule has 0 spiro atoms. The molecule has 0 aliphatic carbocycles. The van der Waals surface area contributed by atoms with E-state index in [1.54, 1.807) is 0 Å². The molecule has 0 aliphatic heterocycles. The topological polar surface area (TPSA) is 52.6 Å². The van der Waals surface area contributed by atoms with E-state index in [2.05, 4.69) is 26.0 Å². The van der Waals surface area contributed by atoms with Crippen molar-refractivity contribution in [3.63, 3.8) is 0 Å². The SMILES string of the molecule is CCCCCCCC/C=C\CCCCCCCCOS(=O)(=O)OCCCCCCCCCCCCCCCC.[NaH]. The van der Waals surface area contributed by atoms with Crippen LogP contribution in [0.2, 0.25) is 0 Å². The van der Waals surface area contributed by atoms with E-state index in [1.807, 2.05) is 0 Å². The van der Waals surface area contributed by atoms with Crippen molar-refractivity contribution in [2.45, 2.75) is 194 Å². The fourth-order valence-corrected chi connectivity index (χ4v) is 5.71. The first-order chi connectivity index (χ1) is 19.1. The summed E-state index contributed by atoms with van der Waals surface area (Å²) in [6.07, 6.45) is 40.0. The molecule has 0 aliphatic rings. The summed E-state index contributed by atoms with van der Waals surface area (Å²) >= 11 is 0. The molecule has 0 N–H and O–H groups in total. The summed E-state index contributed by atoms with van der Waals surface area (Å²) in [6.45, 7) is 5.02. The summed E-state index contributed by atoms with van der Waals surface area (Å²) < 4.78 is 33.8. The Labute approximate surface area is 274 Å². The normalized spacial score (nSPS) is 11.8. The predicted octanol–water partition coefficient (Wildman–Crippen LogP) is 11.1. The molecule has 0 aromatic heterocycles. The van der Waals surface area contributed by atoms with Crippen molar-refractivity contribution < 1.29 is 16.8 Å². The van der Waals surface area contributed by atoms with Crippen LogP contribution < -0.4 is 0 Å². The Bertz CT molecular complexity index is 595. The molecule has 0 atom stereocenters. The summed E-state index contributed by atoms with van der Waals surface area (Å²) in [5.41, 5.74) is 0. The molecule has 0 rings (SSSR count). The molecule has 0 aromatic carbocycles. The summed E-state index contributed by atoms with van der Waals surface area (Å²) in [7, 11) is -3.83. The minimum absolute atomic E-state index is 0. The van der Waals surface area contributed by atoms with Crippen molar-refractivity contribution in [2.75, 3.05) is 13.2 Å². The molecule has 0 saturated heterocycles. The number of hydrogen-bond donors (Lipinski definition) is 0. The average Bonchev–Trinajstić information content (AvgIpc) is 2.92. The van der Waals surface area contributed by atoms with E-state index in [0.717, 1.165) is 38.5 Å². The van der Waals surface area contributed by atoms with Gasteiger partial charge in [-0.25, -0.2) is 8.37 Å². The molecule has 0 heterocycles. The molecule has 0 amide bonds. The molecule has 40 heavy (non-hydrogen) atoms. The van der Waals surface area contributed by atoms with E-state index in [1.165, 1.54) is 141 Å². The molecule has 4 nitrogen and oxygen atoms in total. The fourth-order valence-electron chi connectivity index (χ4n) is 5.00. The minimum atomic E-state index is -3.83. The van der Waals surface area contributed by atoms with Crippen LogP contribution in [-0.2, 0) is 18.8 Å². The first-order valence-electron chi connectivity index (χ1n) is 17.3. The van der Waals surface area contributed by atoms with E-state index < -0.39 is 10.4 Å². The molecule has 6 heteroatoms. The molecule has 236 valence electrons. The number of hydrogen-bond acceptors (Lipinski definition) is 4. The van der Waals surface area contributed by atoms with E-state index in [9.17, 15) is 8.42 Å². The van der Waals surface area contributed by atoms with Crippen molar-refractivity contribution in [1.82, 2.24) is 0 Å². The summed E-state index contributed by atoms with van der Waals surface area (Å²) in [4.78, 5) is 0. The van der Waals surface area contributed by atoms with Gasteiger partial charge in [0.1, 0.15) is 0 Å². The standard InChI is InChI=1S/C34H68O4S.Na.H/c1-3-5-7-9-11-13-15-17-19-20-22-24-26-28-30-32-34-38-39(35,36)37-33-31-29-27-25-23-21-18-16-14-12-10-8-6-4-2;;/h17,19H,3-16,18,20-34H2,1-2H3;;/b19-17-;;. The Kier molecular flexibility index (Phi) is 38.3. The van der Waals surface area contributed by atoms with Crippen molar-refractivity contribution in [3.8, 4) is 0 Å². The molecule has 0 saturated carbocycles. The van der Waals surface area contributed by atoms with Crippen LogP contribution in [0.5, 0.6) is 0 Å². The van der Waals surface area contributed by atoms with Crippen LogP contribution in [0.15, 0.2) is 12.2 Å². The zero-order valence-electron chi connectivity index (χ0n) is 26.4. The second-order valence-corrected chi connectivity index (χ2v) is 12.9. The van der Waals surface area contributed by atoms with Gasteiger partial charge in [-0.2, -0.15) is 8.42 Å². The Morgan fingerprint density at radius 3 is 0.950 bits per heavy atom. The van der Waals surface area contributed by atoms with Gasteiger partial charge in [0.2, 0.25) is 0 Å². The van der Waals surface area contributed by atoms with E-state index in [-0.39, 0.29) is 42.8 Å². The molecular formula is C34H69NaO4S. The zero-order valence-corrected chi connectivity index (χ0v) is 27.2. The van der Waals surface area contributed by atoms with Gasteiger partial charge in [0.15, 0.2) is 0 Å². The van der Waals surface area contributed by atoms with Crippen molar-refractivity contribution in [2.24, 2.45) is 0 Å². The first-order valence-corrected chi connectivity index (χ1v) is 18.6. The average molecular weight is 597 g/mol. The second-order valence-electron chi connectivity index (χ2n) is 11.6. The van der Waals surface area contributed by atoms with Crippen molar-refractivity contribution in [1.29, 1.82) is 0 Å². The van der Waals surface area contributed by atoms with Crippen LogP contribution in [0.3, 0.4) is 0 Å². The van der Waals surface area contributed by atoms with E-state index >= 15 is 0 Å². The monoisotopic (exact) mass is 596 g/mol. The second kappa shape index (κ2) is 35.8. The third-order valence-corrected chi connectivity index (χ3v) is 8.52. The summed E-state index contributed by atoms with van der Waals surface area (Å²) in [5.74, 6) is 0. The van der Waals surface area contributed by atoms with Crippen LogP contribution in [0.4, 0.5) is 0 Å². The van der Waals surface area contributed by atoms with Crippen molar-refractivity contribution in [3.05, 3.63) is 12.2 Å². The third-order valence-electron chi connectivity index (χ3n) is 7.61. The summed E-state index contributed by atoms with van der Waals surface area (Å²) in [6, 6.07) is 0. The van der Waals surface area contributed by atoms with E-state index in [0.29, 0.717) is 0 Å². The molecule has 0 fully saturated rings. The van der Waals surface area contributed by atoms with Crippen LogP contribution in [0.25, 0.3) is 0 Å². The van der Waals surface area contributed by atoms with Gasteiger partial charge in [-0.05, 0) is 38.5 Å². The number of allylic oxidation sites excluding steroid dienone is 2. The van der Waals surface area contributed by atoms with Gasteiger partial charge < -0.3 is 0 Å².